The van der Waals surface area contributed by atoms with Crippen LogP contribution in [-0.4, -0.2) is 9.97 Å². The highest BCUT2D eigenvalue weighted by Crippen LogP contribution is 2.28. The van der Waals surface area contributed by atoms with Gasteiger partial charge in [-0.3, -0.25) is 0 Å². The summed E-state index contributed by atoms with van der Waals surface area (Å²) in [6.45, 7) is 0. The van der Waals surface area contributed by atoms with Crippen molar-refractivity contribution in [3.8, 4) is 0 Å². The van der Waals surface area contributed by atoms with Crippen molar-refractivity contribution in [3.05, 3.63) is 30.2 Å². The lowest BCUT2D eigenvalue weighted by Gasteiger charge is -2.18. The Kier molecular flexibility index (Phi) is 2.35. The molecule has 0 amide bonds. The highest BCUT2D eigenvalue weighted by Gasteiger charge is 2.17. The molecule has 12 heavy (non-hydrogen) atoms. The molecule has 1 fully saturated rings. The van der Waals surface area contributed by atoms with Gasteiger partial charge in [-0.1, -0.05) is 19.3 Å². The summed E-state index contributed by atoms with van der Waals surface area (Å²) in [4.78, 5) is 8.51. The van der Waals surface area contributed by atoms with Gasteiger partial charge in [0.1, 0.15) is 5.82 Å². The van der Waals surface area contributed by atoms with Crippen molar-refractivity contribution in [2.45, 2.75) is 32.1 Å². The minimum atomic E-state index is 0.970. The molecule has 0 unspecified atom stereocenters. The topological polar surface area (TPSA) is 25.8 Å². The lowest BCUT2D eigenvalue weighted by molar-refractivity contribution is 0.540. The standard InChI is InChI=1S/C10H13N2/c1-2-5-9(6-3-1)10-11-7-4-8-12-10/h4,7-8H,1-3,5-6H2. The van der Waals surface area contributed by atoms with E-state index in [4.69, 9.17) is 0 Å². The van der Waals surface area contributed by atoms with Crippen molar-refractivity contribution in [1.82, 2.24) is 9.97 Å². The summed E-state index contributed by atoms with van der Waals surface area (Å²) in [5, 5.41) is 0. The molecular weight excluding hydrogens is 148 g/mol. The van der Waals surface area contributed by atoms with Crippen molar-refractivity contribution in [2.75, 3.05) is 0 Å². The Balaban J connectivity index is 2.08. The first kappa shape index (κ1) is 7.71. The summed E-state index contributed by atoms with van der Waals surface area (Å²) in [5.74, 6) is 2.42. The molecule has 1 radical (unpaired) electrons. The Labute approximate surface area is 73.1 Å². The molecule has 1 aliphatic rings. The van der Waals surface area contributed by atoms with Gasteiger partial charge in [0.2, 0.25) is 0 Å². The van der Waals surface area contributed by atoms with Gasteiger partial charge in [0.15, 0.2) is 0 Å². The van der Waals surface area contributed by atoms with Crippen LogP contribution in [-0.2, 0) is 0 Å². The van der Waals surface area contributed by atoms with Crippen LogP contribution in [0.15, 0.2) is 18.5 Å². The van der Waals surface area contributed by atoms with Crippen molar-refractivity contribution < 1.29 is 0 Å². The van der Waals surface area contributed by atoms with Gasteiger partial charge in [0.05, 0.1) is 0 Å². The van der Waals surface area contributed by atoms with E-state index in [1.807, 2.05) is 18.5 Å². The molecule has 2 heteroatoms. The van der Waals surface area contributed by atoms with E-state index in [-0.39, 0.29) is 0 Å². The summed E-state index contributed by atoms with van der Waals surface area (Å²) in [5.41, 5.74) is 0. The summed E-state index contributed by atoms with van der Waals surface area (Å²) in [6.07, 6.45) is 10.0. The first-order valence-corrected chi connectivity index (χ1v) is 4.59. The molecule has 1 aliphatic carbocycles. The molecule has 0 N–H and O–H groups in total. The van der Waals surface area contributed by atoms with Gasteiger partial charge in [0.25, 0.3) is 0 Å². The molecule has 0 aromatic carbocycles. The third-order valence-corrected chi connectivity index (χ3v) is 2.34. The Hall–Kier alpha value is -0.920. The van der Waals surface area contributed by atoms with Crippen LogP contribution >= 0.6 is 0 Å². The summed E-state index contributed by atoms with van der Waals surface area (Å²) < 4.78 is 0. The van der Waals surface area contributed by atoms with Gasteiger partial charge in [-0.2, -0.15) is 0 Å². The number of aromatic nitrogens is 2. The normalized spacial score (nSPS) is 19.3. The molecule has 1 aromatic rings. The Morgan fingerprint density at radius 2 is 1.58 bits per heavy atom. The van der Waals surface area contributed by atoms with Gasteiger partial charge in [-0.15, -0.1) is 0 Å². The summed E-state index contributed by atoms with van der Waals surface area (Å²) >= 11 is 0. The largest absolute Gasteiger partial charge is 0.241 e. The Morgan fingerprint density at radius 1 is 0.917 bits per heavy atom. The lowest BCUT2D eigenvalue weighted by atomic mass is 9.89. The fourth-order valence-corrected chi connectivity index (χ4v) is 1.68. The Morgan fingerprint density at radius 3 is 2.25 bits per heavy atom. The van der Waals surface area contributed by atoms with Crippen LogP contribution in [0.25, 0.3) is 0 Å². The zero-order valence-electron chi connectivity index (χ0n) is 7.16. The molecule has 63 valence electrons. The molecular formula is C10H13N2. The molecule has 0 bridgehead atoms. The molecule has 0 saturated heterocycles. The monoisotopic (exact) mass is 161 g/mol. The van der Waals surface area contributed by atoms with Crippen LogP contribution in [0, 0.1) is 5.92 Å². The quantitative estimate of drug-likeness (QED) is 0.632. The van der Waals surface area contributed by atoms with Gasteiger partial charge in [0, 0.05) is 18.3 Å². The number of nitrogens with zero attached hydrogens (tertiary/aromatic N) is 2. The maximum absolute atomic E-state index is 4.25. The van der Waals surface area contributed by atoms with Gasteiger partial charge in [-0.25, -0.2) is 9.97 Å². The maximum Gasteiger partial charge on any atom is 0.135 e. The molecule has 1 saturated carbocycles. The van der Waals surface area contributed by atoms with Gasteiger partial charge >= 0.3 is 0 Å². The fraction of sp³-hybridized carbons (Fsp3) is 0.500. The van der Waals surface area contributed by atoms with E-state index in [0.29, 0.717) is 0 Å². The number of rotatable bonds is 1. The highest BCUT2D eigenvalue weighted by molar-refractivity contribution is 5.15. The predicted molar refractivity (Wildman–Crippen MR) is 47.5 cm³/mol. The number of hydrogen-bond acceptors (Lipinski definition) is 2. The average Bonchev–Trinajstić information content (AvgIpc) is 2.21. The minimum absolute atomic E-state index is 0.970. The number of hydrogen-bond donors (Lipinski definition) is 0. The fourth-order valence-electron chi connectivity index (χ4n) is 1.68. The third kappa shape index (κ3) is 1.63. The molecule has 1 heterocycles. The van der Waals surface area contributed by atoms with E-state index in [2.05, 4.69) is 9.97 Å². The second kappa shape index (κ2) is 3.65. The van der Waals surface area contributed by atoms with Crippen molar-refractivity contribution in [3.63, 3.8) is 0 Å². The van der Waals surface area contributed by atoms with Crippen LogP contribution in [0.3, 0.4) is 0 Å². The van der Waals surface area contributed by atoms with E-state index in [9.17, 15) is 0 Å². The highest BCUT2D eigenvalue weighted by atomic mass is 14.9. The van der Waals surface area contributed by atoms with Crippen molar-refractivity contribution in [1.29, 1.82) is 0 Å². The average molecular weight is 161 g/mol. The van der Waals surface area contributed by atoms with E-state index in [1.54, 1.807) is 0 Å². The molecule has 0 spiro atoms. The first-order valence-electron chi connectivity index (χ1n) is 4.59. The van der Waals surface area contributed by atoms with Gasteiger partial charge in [-0.05, 0) is 18.9 Å². The summed E-state index contributed by atoms with van der Waals surface area (Å²) in [6, 6.07) is 1.87. The van der Waals surface area contributed by atoms with Crippen molar-refractivity contribution in [2.24, 2.45) is 0 Å². The van der Waals surface area contributed by atoms with Crippen LogP contribution < -0.4 is 0 Å². The minimum Gasteiger partial charge on any atom is -0.241 e. The zero-order chi connectivity index (χ0) is 8.23. The lowest BCUT2D eigenvalue weighted by Crippen LogP contribution is -2.08. The SMILES string of the molecule is c1cnc([C]2CCCCC2)nc1. The predicted octanol–water partition coefficient (Wildman–Crippen LogP) is 2.36. The summed E-state index contributed by atoms with van der Waals surface area (Å²) in [7, 11) is 0. The van der Waals surface area contributed by atoms with E-state index in [1.165, 1.54) is 38.0 Å². The second-order valence-corrected chi connectivity index (χ2v) is 3.24. The van der Waals surface area contributed by atoms with Crippen LogP contribution in [0.4, 0.5) is 0 Å². The van der Waals surface area contributed by atoms with Crippen LogP contribution in [0.2, 0.25) is 0 Å². The van der Waals surface area contributed by atoms with E-state index >= 15 is 0 Å². The maximum atomic E-state index is 4.25. The van der Waals surface area contributed by atoms with E-state index < -0.39 is 0 Å². The first-order chi connectivity index (χ1) is 5.97. The van der Waals surface area contributed by atoms with Crippen molar-refractivity contribution >= 4 is 0 Å². The zero-order valence-corrected chi connectivity index (χ0v) is 7.16. The Bertz CT molecular complexity index is 227. The van der Waals surface area contributed by atoms with Gasteiger partial charge < -0.3 is 0 Å². The van der Waals surface area contributed by atoms with Crippen LogP contribution in [0.1, 0.15) is 37.9 Å². The second-order valence-electron chi connectivity index (χ2n) is 3.24. The van der Waals surface area contributed by atoms with Crippen LogP contribution in [0.5, 0.6) is 0 Å². The third-order valence-electron chi connectivity index (χ3n) is 2.34. The van der Waals surface area contributed by atoms with E-state index in [0.717, 1.165) is 5.82 Å². The molecule has 2 nitrogen and oxygen atoms in total. The molecule has 1 aromatic heterocycles. The molecule has 0 aliphatic heterocycles. The molecule has 2 rings (SSSR count). The smallest absolute Gasteiger partial charge is 0.135 e. The molecule has 0 atom stereocenters.